The molecule has 0 atom stereocenters. The second-order valence-corrected chi connectivity index (χ2v) is 4.58. The Morgan fingerprint density at radius 3 is 1.71 bits per heavy atom. The highest BCUT2D eigenvalue weighted by Crippen LogP contribution is 2.38. The van der Waals surface area contributed by atoms with E-state index in [2.05, 4.69) is 18.0 Å². The molecule has 11 heteroatoms. The topological polar surface area (TPSA) is 163 Å². The molecule has 0 spiro atoms. The first-order valence-electron chi connectivity index (χ1n) is 6.33. The third kappa shape index (κ3) is 4.69. The lowest BCUT2D eigenvalue weighted by molar-refractivity contribution is -0.404. The molecule has 0 saturated heterocycles. The number of pyridine rings is 1. The monoisotopic (exact) mass is 336 g/mol. The number of phenolic OH excluding ortho intramolecular Hbond substituents is 1. The fourth-order valence-electron chi connectivity index (χ4n) is 1.66. The van der Waals surface area contributed by atoms with E-state index < -0.39 is 37.6 Å². The number of hydrogen-bond acceptors (Lipinski definition) is 8. The Morgan fingerprint density at radius 1 is 0.917 bits per heavy atom. The summed E-state index contributed by atoms with van der Waals surface area (Å²) in [6.45, 7) is 4.06. The first-order valence-corrected chi connectivity index (χ1v) is 6.33. The molecule has 0 bridgehead atoms. The summed E-state index contributed by atoms with van der Waals surface area (Å²) in [6.07, 6.45) is 1.82. The van der Waals surface area contributed by atoms with Crippen LogP contribution in [0.1, 0.15) is 11.3 Å². The van der Waals surface area contributed by atoms with Gasteiger partial charge in [-0.15, -0.1) is 0 Å². The van der Waals surface area contributed by atoms with E-state index in [0.29, 0.717) is 12.1 Å². The number of nitro benzene ring substituents is 3. The van der Waals surface area contributed by atoms with E-state index in [4.69, 9.17) is 5.11 Å². The molecule has 0 aliphatic rings. The van der Waals surface area contributed by atoms with Crippen LogP contribution in [0.5, 0.6) is 5.75 Å². The molecule has 0 radical (unpaired) electrons. The summed E-state index contributed by atoms with van der Waals surface area (Å²) in [5, 5.41) is 40.2. The van der Waals surface area contributed by atoms with Gasteiger partial charge in [0.25, 0.3) is 11.4 Å². The quantitative estimate of drug-likeness (QED) is 0.660. The second-order valence-electron chi connectivity index (χ2n) is 4.58. The summed E-state index contributed by atoms with van der Waals surface area (Å²) in [4.78, 5) is 31.8. The van der Waals surface area contributed by atoms with Crippen molar-refractivity contribution in [3.8, 4) is 5.75 Å². The van der Waals surface area contributed by atoms with Crippen molar-refractivity contribution in [2.24, 2.45) is 0 Å². The summed E-state index contributed by atoms with van der Waals surface area (Å²) >= 11 is 0. The highest BCUT2D eigenvalue weighted by Gasteiger charge is 2.30. The molecule has 2 rings (SSSR count). The minimum absolute atomic E-state index is 0.447. The minimum atomic E-state index is -1.21. The summed E-state index contributed by atoms with van der Waals surface area (Å²) in [5.41, 5.74) is -0.638. The Labute approximate surface area is 134 Å². The lowest BCUT2D eigenvalue weighted by Crippen LogP contribution is -1.97. The van der Waals surface area contributed by atoms with Crippen LogP contribution in [0.4, 0.5) is 17.1 Å². The number of non-ortho nitro benzene ring substituents is 1. The van der Waals surface area contributed by atoms with Gasteiger partial charge in [0.05, 0.1) is 26.9 Å². The van der Waals surface area contributed by atoms with Crippen molar-refractivity contribution in [1.82, 2.24) is 4.98 Å². The number of nitrogens with zero attached hydrogens (tertiary/aromatic N) is 4. The third-order valence-electron chi connectivity index (χ3n) is 2.71. The summed E-state index contributed by atoms with van der Waals surface area (Å²) in [5.74, 6) is -1.21. The molecule has 0 unspecified atom stereocenters. The zero-order valence-corrected chi connectivity index (χ0v) is 12.6. The summed E-state index contributed by atoms with van der Waals surface area (Å²) in [7, 11) is 0. The molecule has 0 aliphatic carbocycles. The molecule has 126 valence electrons. The number of hydrogen-bond donors (Lipinski definition) is 1. The van der Waals surface area contributed by atoms with Crippen molar-refractivity contribution in [2.75, 3.05) is 0 Å². The summed E-state index contributed by atoms with van der Waals surface area (Å²) in [6, 6.07) is 4.94. The maximum absolute atomic E-state index is 10.4. The van der Waals surface area contributed by atoms with Gasteiger partial charge in [-0.3, -0.25) is 35.3 Å². The van der Waals surface area contributed by atoms with Crippen LogP contribution in [0.3, 0.4) is 0 Å². The van der Waals surface area contributed by atoms with E-state index in [9.17, 15) is 30.3 Å². The van der Waals surface area contributed by atoms with E-state index in [0.717, 1.165) is 5.69 Å². The molecule has 1 heterocycles. The summed E-state index contributed by atoms with van der Waals surface area (Å²) < 4.78 is 0. The van der Waals surface area contributed by atoms with Crippen molar-refractivity contribution in [1.29, 1.82) is 0 Å². The zero-order chi connectivity index (χ0) is 18.4. The van der Waals surface area contributed by atoms with Crippen LogP contribution in [0.15, 0.2) is 30.5 Å². The van der Waals surface area contributed by atoms with E-state index >= 15 is 0 Å². The number of aromatic nitrogens is 1. The van der Waals surface area contributed by atoms with Gasteiger partial charge in [-0.05, 0) is 31.5 Å². The molecule has 2 aromatic rings. The Morgan fingerprint density at radius 2 is 1.42 bits per heavy atom. The number of benzene rings is 1. The Bertz CT molecular complexity index is 754. The van der Waals surface area contributed by atoms with E-state index in [1.54, 1.807) is 0 Å². The predicted octanol–water partition coefficient (Wildman–Crippen LogP) is 2.82. The zero-order valence-electron chi connectivity index (χ0n) is 12.6. The molecule has 0 saturated carbocycles. The van der Waals surface area contributed by atoms with Gasteiger partial charge in [0.1, 0.15) is 0 Å². The van der Waals surface area contributed by atoms with Crippen molar-refractivity contribution < 1.29 is 19.9 Å². The molecule has 24 heavy (non-hydrogen) atoms. The van der Waals surface area contributed by atoms with Gasteiger partial charge in [-0.2, -0.15) is 0 Å². The molecule has 0 aliphatic heterocycles. The standard InChI is InChI=1S/C7H9N.C6H3N3O7/c1-6-3-4-8-7(2)5-6;10-6-4(8(13)14)1-3(7(11)12)2-5(6)9(15)16/h3-5H,1-2H3;1-2,10H. The van der Waals surface area contributed by atoms with Crippen LogP contribution in [-0.4, -0.2) is 24.9 Å². The molecular weight excluding hydrogens is 324 g/mol. The molecular formula is C13H12N4O7. The van der Waals surface area contributed by atoms with Crippen LogP contribution >= 0.6 is 0 Å². The maximum Gasteiger partial charge on any atom is 0.324 e. The normalized spacial score (nSPS) is 9.58. The first-order chi connectivity index (χ1) is 11.1. The predicted molar refractivity (Wildman–Crippen MR) is 81.8 cm³/mol. The minimum Gasteiger partial charge on any atom is -0.497 e. The highest BCUT2D eigenvalue weighted by molar-refractivity contribution is 5.64. The lowest BCUT2D eigenvalue weighted by Gasteiger charge is -1.97. The van der Waals surface area contributed by atoms with Crippen molar-refractivity contribution in [3.05, 3.63) is 72.1 Å². The average molecular weight is 336 g/mol. The van der Waals surface area contributed by atoms with Gasteiger partial charge in [-0.1, -0.05) is 0 Å². The van der Waals surface area contributed by atoms with Crippen LogP contribution in [0.2, 0.25) is 0 Å². The van der Waals surface area contributed by atoms with Crippen LogP contribution in [0.25, 0.3) is 0 Å². The van der Waals surface area contributed by atoms with Gasteiger partial charge in [0.2, 0.25) is 0 Å². The fraction of sp³-hybridized carbons (Fsp3) is 0.154. The molecule has 11 nitrogen and oxygen atoms in total. The largest absolute Gasteiger partial charge is 0.497 e. The molecule has 1 aromatic carbocycles. The second kappa shape index (κ2) is 7.58. The Hall–Kier alpha value is -3.63. The maximum atomic E-state index is 10.4. The first kappa shape index (κ1) is 18.4. The van der Waals surface area contributed by atoms with Gasteiger partial charge in [0.15, 0.2) is 0 Å². The fourth-order valence-corrected chi connectivity index (χ4v) is 1.66. The van der Waals surface area contributed by atoms with Gasteiger partial charge < -0.3 is 5.11 Å². The highest BCUT2D eigenvalue weighted by atomic mass is 16.6. The number of aromatic hydroxyl groups is 1. The number of nitro groups is 3. The van der Waals surface area contributed by atoms with E-state index in [1.165, 1.54) is 5.56 Å². The molecule has 0 fully saturated rings. The Kier molecular flexibility index (Phi) is 5.82. The Balaban J connectivity index is 0.000000300. The third-order valence-corrected chi connectivity index (χ3v) is 2.71. The van der Waals surface area contributed by atoms with Crippen molar-refractivity contribution in [3.63, 3.8) is 0 Å². The SMILES string of the molecule is Cc1ccnc(C)c1.O=[N+]([O-])c1cc([N+](=O)[O-])c(O)c([N+](=O)[O-])c1. The number of rotatable bonds is 3. The van der Waals surface area contributed by atoms with Crippen molar-refractivity contribution in [2.45, 2.75) is 13.8 Å². The lowest BCUT2D eigenvalue weighted by atomic mass is 10.2. The van der Waals surface area contributed by atoms with Crippen LogP contribution < -0.4 is 0 Å². The molecule has 1 aromatic heterocycles. The molecule has 0 amide bonds. The van der Waals surface area contributed by atoms with Gasteiger partial charge in [0, 0.05) is 11.9 Å². The van der Waals surface area contributed by atoms with Crippen molar-refractivity contribution >= 4 is 17.1 Å². The van der Waals surface area contributed by atoms with Crippen LogP contribution in [-0.2, 0) is 0 Å². The number of phenols is 1. The number of aryl methyl sites for hydroxylation is 2. The van der Waals surface area contributed by atoms with Gasteiger partial charge in [-0.25, -0.2) is 0 Å². The van der Waals surface area contributed by atoms with E-state index in [1.807, 2.05) is 19.2 Å². The molecule has 1 N–H and O–H groups in total. The van der Waals surface area contributed by atoms with Gasteiger partial charge >= 0.3 is 11.4 Å². The average Bonchev–Trinajstić information content (AvgIpc) is 2.46. The van der Waals surface area contributed by atoms with Crippen LogP contribution in [0, 0.1) is 44.2 Å². The smallest absolute Gasteiger partial charge is 0.324 e. The van der Waals surface area contributed by atoms with E-state index in [-0.39, 0.29) is 0 Å².